The highest BCUT2D eigenvalue weighted by Crippen LogP contribution is 2.13. The van der Waals surface area contributed by atoms with E-state index in [1.807, 2.05) is 0 Å². The van der Waals surface area contributed by atoms with Crippen LogP contribution in [0.25, 0.3) is 0 Å². The Bertz CT molecular complexity index is 738. The van der Waals surface area contributed by atoms with Gasteiger partial charge in [0.2, 0.25) is 11.8 Å². The number of anilines is 1. The Balaban J connectivity index is 1.74. The second-order valence-electron chi connectivity index (χ2n) is 5.32. The Hall–Kier alpha value is -2.41. The summed E-state index contributed by atoms with van der Waals surface area (Å²) in [5, 5.41) is 4.80. The van der Waals surface area contributed by atoms with Crippen molar-refractivity contribution in [1.82, 2.24) is 5.32 Å². The fourth-order valence-electron chi connectivity index (χ4n) is 1.97. The van der Waals surface area contributed by atoms with Gasteiger partial charge in [0, 0.05) is 17.8 Å². The Labute approximate surface area is 149 Å². The van der Waals surface area contributed by atoms with Crippen molar-refractivity contribution in [2.75, 3.05) is 11.1 Å². The number of hydrogen-bond acceptors (Lipinski definition) is 3. The van der Waals surface area contributed by atoms with Crippen molar-refractivity contribution in [1.29, 1.82) is 0 Å². The molecule has 25 heavy (non-hydrogen) atoms. The van der Waals surface area contributed by atoms with Crippen molar-refractivity contribution >= 4 is 29.3 Å². The number of nitrogens with one attached hydrogen (secondary N) is 2. The molecule has 0 radical (unpaired) electrons. The number of rotatable bonds is 7. The quantitative estimate of drug-likeness (QED) is 0.792. The zero-order valence-electron chi connectivity index (χ0n) is 13.6. The van der Waals surface area contributed by atoms with Gasteiger partial charge >= 0.3 is 0 Å². The summed E-state index contributed by atoms with van der Waals surface area (Å²) in [6, 6.07) is 11.6. The molecule has 132 valence electrons. The Kier molecular flexibility index (Phi) is 6.94. The van der Waals surface area contributed by atoms with Crippen LogP contribution in [0.5, 0.6) is 0 Å². The molecule has 0 spiro atoms. The van der Waals surface area contributed by atoms with Crippen LogP contribution in [-0.4, -0.2) is 22.8 Å². The van der Waals surface area contributed by atoms with Crippen LogP contribution >= 0.6 is 11.8 Å². The molecule has 0 saturated carbocycles. The standard InChI is InChI=1S/C18H18F2N2O2S/c1-12(18(24)21-10-13-4-2-3-5-16(13)20)25-11-17(23)22-15-8-6-14(19)7-9-15/h2-9,12H,10-11H2,1H3,(H,21,24)(H,22,23). The lowest BCUT2D eigenvalue weighted by atomic mass is 10.2. The van der Waals surface area contributed by atoms with E-state index in [-0.39, 0.29) is 35.7 Å². The van der Waals surface area contributed by atoms with Crippen molar-refractivity contribution in [3.8, 4) is 0 Å². The third-order valence-corrected chi connectivity index (χ3v) is 4.52. The minimum atomic E-state index is -0.467. The first-order chi connectivity index (χ1) is 12.0. The molecule has 1 unspecified atom stereocenters. The highest BCUT2D eigenvalue weighted by Gasteiger charge is 2.15. The first kappa shape index (κ1) is 18.9. The predicted molar refractivity (Wildman–Crippen MR) is 95.2 cm³/mol. The van der Waals surface area contributed by atoms with E-state index < -0.39 is 5.25 Å². The van der Waals surface area contributed by atoms with Crippen molar-refractivity contribution < 1.29 is 18.4 Å². The van der Waals surface area contributed by atoms with Gasteiger partial charge in [-0.3, -0.25) is 9.59 Å². The van der Waals surface area contributed by atoms with Crippen LogP contribution in [0.4, 0.5) is 14.5 Å². The molecule has 0 aliphatic carbocycles. The van der Waals surface area contributed by atoms with Crippen molar-refractivity contribution in [3.63, 3.8) is 0 Å². The normalized spacial score (nSPS) is 11.6. The topological polar surface area (TPSA) is 58.2 Å². The third-order valence-electron chi connectivity index (χ3n) is 3.37. The Morgan fingerprint density at radius 1 is 1.08 bits per heavy atom. The van der Waals surface area contributed by atoms with E-state index in [0.717, 1.165) is 11.8 Å². The number of amides is 2. The molecule has 0 bridgehead atoms. The highest BCUT2D eigenvalue weighted by molar-refractivity contribution is 8.01. The largest absolute Gasteiger partial charge is 0.351 e. The summed E-state index contributed by atoms with van der Waals surface area (Å²) in [6.45, 7) is 1.77. The van der Waals surface area contributed by atoms with E-state index in [1.165, 1.54) is 30.3 Å². The second kappa shape index (κ2) is 9.17. The molecule has 1 atom stereocenters. The van der Waals surface area contributed by atoms with Gasteiger partial charge in [0.15, 0.2) is 0 Å². The van der Waals surface area contributed by atoms with E-state index in [9.17, 15) is 18.4 Å². The van der Waals surface area contributed by atoms with Crippen LogP contribution in [0.2, 0.25) is 0 Å². The number of carbonyl (C=O) groups excluding carboxylic acids is 2. The van der Waals surface area contributed by atoms with Crippen LogP contribution < -0.4 is 10.6 Å². The molecule has 0 heterocycles. The predicted octanol–water partition coefficient (Wildman–Crippen LogP) is 3.34. The van der Waals surface area contributed by atoms with Gasteiger partial charge in [0.05, 0.1) is 11.0 Å². The first-order valence-electron chi connectivity index (χ1n) is 7.64. The van der Waals surface area contributed by atoms with Crippen LogP contribution in [-0.2, 0) is 16.1 Å². The maximum absolute atomic E-state index is 13.5. The van der Waals surface area contributed by atoms with E-state index in [1.54, 1.807) is 25.1 Å². The average Bonchev–Trinajstić information content (AvgIpc) is 2.60. The van der Waals surface area contributed by atoms with Gasteiger partial charge in [0.25, 0.3) is 0 Å². The van der Waals surface area contributed by atoms with Gasteiger partial charge in [-0.05, 0) is 37.3 Å². The summed E-state index contributed by atoms with van der Waals surface area (Å²) < 4.78 is 26.3. The number of hydrogen-bond donors (Lipinski definition) is 2. The lowest BCUT2D eigenvalue weighted by Gasteiger charge is -2.12. The summed E-state index contributed by atoms with van der Waals surface area (Å²) in [5.74, 6) is -1.24. The fourth-order valence-corrected chi connectivity index (χ4v) is 2.68. The molecule has 0 aromatic heterocycles. The molecule has 2 aromatic rings. The molecule has 0 saturated heterocycles. The molecule has 7 heteroatoms. The van der Waals surface area contributed by atoms with Gasteiger partial charge in [-0.2, -0.15) is 0 Å². The first-order valence-corrected chi connectivity index (χ1v) is 8.68. The molecule has 2 aromatic carbocycles. The minimum Gasteiger partial charge on any atom is -0.351 e. The zero-order chi connectivity index (χ0) is 18.2. The molecule has 2 amide bonds. The van der Waals surface area contributed by atoms with Crippen molar-refractivity contribution in [2.45, 2.75) is 18.7 Å². The number of carbonyl (C=O) groups is 2. The Morgan fingerprint density at radius 2 is 1.76 bits per heavy atom. The number of halogens is 2. The zero-order valence-corrected chi connectivity index (χ0v) is 14.4. The van der Waals surface area contributed by atoms with Gasteiger partial charge in [-0.1, -0.05) is 18.2 Å². The second-order valence-corrected chi connectivity index (χ2v) is 6.65. The monoisotopic (exact) mass is 364 g/mol. The molecule has 2 N–H and O–H groups in total. The highest BCUT2D eigenvalue weighted by atomic mass is 32.2. The Morgan fingerprint density at radius 3 is 2.44 bits per heavy atom. The number of thioether (sulfide) groups is 1. The van der Waals surface area contributed by atoms with Gasteiger partial charge in [0.1, 0.15) is 11.6 Å². The summed E-state index contributed by atoms with van der Waals surface area (Å²) in [4.78, 5) is 23.8. The molecule has 2 rings (SSSR count). The van der Waals surface area contributed by atoms with Gasteiger partial charge in [-0.15, -0.1) is 11.8 Å². The molecule has 0 aliphatic rings. The van der Waals surface area contributed by atoms with Gasteiger partial charge < -0.3 is 10.6 Å². The third kappa shape index (κ3) is 6.19. The minimum absolute atomic E-state index is 0.0751. The maximum atomic E-state index is 13.5. The average molecular weight is 364 g/mol. The van der Waals surface area contributed by atoms with Crippen molar-refractivity contribution in [2.24, 2.45) is 0 Å². The summed E-state index contributed by atoms with van der Waals surface area (Å²) in [5.41, 5.74) is 0.894. The van der Waals surface area contributed by atoms with Gasteiger partial charge in [-0.25, -0.2) is 8.78 Å². The molecule has 0 fully saturated rings. The van der Waals surface area contributed by atoms with Crippen LogP contribution in [0, 0.1) is 11.6 Å². The van der Waals surface area contributed by atoms with E-state index in [2.05, 4.69) is 10.6 Å². The molecular formula is C18H18F2N2O2S. The van der Waals surface area contributed by atoms with E-state index in [0.29, 0.717) is 11.3 Å². The molecule has 4 nitrogen and oxygen atoms in total. The molecular weight excluding hydrogens is 346 g/mol. The smallest absolute Gasteiger partial charge is 0.234 e. The van der Waals surface area contributed by atoms with Crippen molar-refractivity contribution in [3.05, 3.63) is 65.7 Å². The molecule has 0 aliphatic heterocycles. The van der Waals surface area contributed by atoms with E-state index in [4.69, 9.17) is 0 Å². The van der Waals surface area contributed by atoms with E-state index >= 15 is 0 Å². The lowest BCUT2D eigenvalue weighted by molar-refractivity contribution is -0.120. The maximum Gasteiger partial charge on any atom is 0.234 e. The fraction of sp³-hybridized carbons (Fsp3) is 0.222. The summed E-state index contributed by atoms with van der Waals surface area (Å²) >= 11 is 1.16. The number of benzene rings is 2. The lowest BCUT2D eigenvalue weighted by Crippen LogP contribution is -2.31. The van der Waals surface area contributed by atoms with Crippen LogP contribution in [0.15, 0.2) is 48.5 Å². The summed E-state index contributed by atoms with van der Waals surface area (Å²) in [7, 11) is 0. The summed E-state index contributed by atoms with van der Waals surface area (Å²) in [6.07, 6.45) is 0. The van der Waals surface area contributed by atoms with Crippen LogP contribution in [0.1, 0.15) is 12.5 Å². The van der Waals surface area contributed by atoms with Crippen LogP contribution in [0.3, 0.4) is 0 Å². The SMILES string of the molecule is CC(SCC(=O)Nc1ccc(F)cc1)C(=O)NCc1ccccc1F.